The number of H-pyrrole nitrogens is 1. The first-order valence-electron chi connectivity index (χ1n) is 19.1. The van der Waals surface area contributed by atoms with E-state index in [2.05, 4.69) is 26.8 Å². The number of hydrogen-bond donors (Lipinski definition) is 2. The van der Waals surface area contributed by atoms with Crippen molar-refractivity contribution in [2.75, 3.05) is 6.54 Å². The lowest BCUT2D eigenvalue weighted by atomic mass is 9.84. The van der Waals surface area contributed by atoms with Crippen LogP contribution in [0.1, 0.15) is 110 Å². The normalized spacial score (nSPS) is 23.6. The first-order chi connectivity index (χ1) is 25.1. The Morgan fingerprint density at radius 3 is 2.66 bits per heavy atom. The molecule has 1 aromatic carbocycles. The fourth-order valence-corrected chi connectivity index (χ4v) is 8.27. The van der Waals surface area contributed by atoms with E-state index >= 15 is 0 Å². The zero-order valence-corrected chi connectivity index (χ0v) is 32.5. The maximum Gasteiger partial charge on any atom is 0.408 e. The van der Waals surface area contributed by atoms with Gasteiger partial charge in [0.15, 0.2) is 12.4 Å². The van der Waals surface area contributed by atoms with Crippen LogP contribution in [0, 0.1) is 30.1 Å². The summed E-state index contributed by atoms with van der Waals surface area (Å²) in [6.45, 7) is 17.6. The van der Waals surface area contributed by atoms with E-state index in [1.807, 2.05) is 59.8 Å². The van der Waals surface area contributed by atoms with Gasteiger partial charge in [-0.3, -0.25) is 14.4 Å². The molecule has 1 aliphatic carbocycles. The summed E-state index contributed by atoms with van der Waals surface area (Å²) in [7, 11) is 0. The van der Waals surface area contributed by atoms with Crippen molar-refractivity contribution in [2.45, 2.75) is 131 Å². The molecule has 3 heterocycles. The third-order valence-corrected chi connectivity index (χ3v) is 11.2. The van der Waals surface area contributed by atoms with Crippen LogP contribution in [0.15, 0.2) is 46.3 Å². The molecule has 2 amide bonds. The maximum atomic E-state index is 14.1. The summed E-state index contributed by atoms with van der Waals surface area (Å²) >= 11 is 0. The summed E-state index contributed by atoms with van der Waals surface area (Å²) in [5, 5.41) is 2.92. The van der Waals surface area contributed by atoms with Gasteiger partial charge in [0.2, 0.25) is 11.8 Å². The number of aryl methyl sites for hydroxylation is 2. The maximum absolute atomic E-state index is 14.1. The molecule has 5 rings (SSSR count). The molecule has 2 aliphatic rings. The molecule has 1 aliphatic heterocycles. The van der Waals surface area contributed by atoms with Crippen LogP contribution in [0.25, 0.3) is 11.0 Å². The SMILES string of the molecule is C=C[C@H]1CN(C(=O)[C@@H](NC(=O)O[C@]2(C)CCC[C@H]2CCCCCc2nc3ccc(OCc4ncc(C)o4)cc3[nH]c2=O)C(C)(C)C)[C@H](C(C)=O)[C@@H]1CC. The number of amides is 2. The Labute approximate surface area is 312 Å². The van der Waals surface area contributed by atoms with Crippen molar-refractivity contribution >= 4 is 28.8 Å². The molecule has 3 aromatic rings. The Kier molecular flexibility index (Phi) is 12.5. The molecule has 1 saturated carbocycles. The van der Waals surface area contributed by atoms with E-state index in [9.17, 15) is 19.2 Å². The van der Waals surface area contributed by atoms with Gasteiger partial charge in [0.25, 0.3) is 5.56 Å². The van der Waals surface area contributed by atoms with E-state index in [0.717, 1.165) is 51.4 Å². The lowest BCUT2D eigenvalue weighted by Crippen LogP contribution is -2.58. The van der Waals surface area contributed by atoms with Crippen molar-refractivity contribution < 1.29 is 28.3 Å². The second-order valence-corrected chi connectivity index (χ2v) is 16.2. The van der Waals surface area contributed by atoms with Gasteiger partial charge in [-0.2, -0.15) is 0 Å². The number of aromatic nitrogens is 3. The molecule has 0 unspecified atom stereocenters. The number of nitrogens with one attached hydrogen (secondary N) is 2. The van der Waals surface area contributed by atoms with Crippen LogP contribution in [-0.2, 0) is 27.4 Å². The summed E-state index contributed by atoms with van der Waals surface area (Å²) in [4.78, 5) is 66.6. The molecule has 6 atom stereocenters. The summed E-state index contributed by atoms with van der Waals surface area (Å²) < 4.78 is 17.4. The first-order valence-corrected chi connectivity index (χ1v) is 19.1. The van der Waals surface area contributed by atoms with Crippen LogP contribution < -0.4 is 15.6 Å². The monoisotopic (exact) mass is 731 g/mol. The molecular formula is C41H57N5O7. The van der Waals surface area contributed by atoms with Gasteiger partial charge in [0.05, 0.1) is 23.3 Å². The fourth-order valence-electron chi connectivity index (χ4n) is 8.27. The minimum atomic E-state index is -0.863. The average Bonchev–Trinajstić information content (AvgIpc) is 3.81. The number of likely N-dealkylation sites (tertiary alicyclic amines) is 1. The number of Topliss-reactive ketones (excluding diaryl/α,β-unsaturated/α-hetero) is 1. The molecule has 2 aromatic heterocycles. The van der Waals surface area contributed by atoms with E-state index < -0.39 is 29.2 Å². The van der Waals surface area contributed by atoms with Gasteiger partial charge in [-0.1, -0.05) is 53.0 Å². The van der Waals surface area contributed by atoms with Gasteiger partial charge in [0, 0.05) is 12.6 Å². The predicted octanol–water partition coefficient (Wildman–Crippen LogP) is 7.23. The van der Waals surface area contributed by atoms with E-state index in [1.165, 1.54) is 6.92 Å². The Bertz CT molecular complexity index is 1840. The number of ether oxygens (including phenoxy) is 2. The number of carbonyl (C=O) groups excluding carboxylic acids is 3. The highest BCUT2D eigenvalue weighted by Gasteiger charge is 2.48. The number of nitrogens with zero attached hydrogens (tertiary/aromatic N) is 3. The van der Waals surface area contributed by atoms with Crippen molar-refractivity contribution in [1.82, 2.24) is 25.2 Å². The van der Waals surface area contributed by atoms with Crippen molar-refractivity contribution in [2.24, 2.45) is 23.2 Å². The minimum absolute atomic E-state index is 0.0000114. The lowest BCUT2D eigenvalue weighted by Gasteiger charge is -2.37. The van der Waals surface area contributed by atoms with Gasteiger partial charge in [0.1, 0.15) is 28.8 Å². The van der Waals surface area contributed by atoms with E-state index in [-0.39, 0.29) is 41.6 Å². The van der Waals surface area contributed by atoms with Crippen molar-refractivity contribution in [3.05, 3.63) is 64.7 Å². The quantitative estimate of drug-likeness (QED) is 0.122. The van der Waals surface area contributed by atoms with Gasteiger partial charge in [-0.25, -0.2) is 14.8 Å². The molecular weight excluding hydrogens is 674 g/mol. The molecule has 2 fully saturated rings. The van der Waals surface area contributed by atoms with Crippen LogP contribution in [0.5, 0.6) is 5.75 Å². The van der Waals surface area contributed by atoms with Crippen LogP contribution in [0.3, 0.4) is 0 Å². The molecule has 12 nitrogen and oxygen atoms in total. The van der Waals surface area contributed by atoms with Crippen LogP contribution in [0.2, 0.25) is 0 Å². The molecule has 53 heavy (non-hydrogen) atoms. The minimum Gasteiger partial charge on any atom is -0.484 e. The summed E-state index contributed by atoms with van der Waals surface area (Å²) in [6, 6.07) is 3.99. The number of benzene rings is 1. The third-order valence-electron chi connectivity index (χ3n) is 11.2. The van der Waals surface area contributed by atoms with Gasteiger partial charge >= 0.3 is 6.09 Å². The number of hydrogen-bond acceptors (Lipinski definition) is 9. The van der Waals surface area contributed by atoms with Crippen molar-refractivity contribution in [1.29, 1.82) is 0 Å². The summed E-state index contributed by atoms with van der Waals surface area (Å²) in [5.74, 6) is 1.66. The third kappa shape index (κ3) is 9.37. The number of carbonyl (C=O) groups is 3. The molecule has 2 N–H and O–H groups in total. The fraction of sp³-hybridized carbons (Fsp3) is 0.610. The van der Waals surface area contributed by atoms with Crippen LogP contribution >= 0.6 is 0 Å². The van der Waals surface area contributed by atoms with Gasteiger partial charge < -0.3 is 29.1 Å². The molecule has 0 radical (unpaired) electrons. The topological polar surface area (TPSA) is 157 Å². The number of aromatic amines is 1. The zero-order valence-electron chi connectivity index (χ0n) is 32.5. The van der Waals surface area contributed by atoms with E-state index in [0.29, 0.717) is 47.1 Å². The largest absolute Gasteiger partial charge is 0.484 e. The predicted molar refractivity (Wildman–Crippen MR) is 202 cm³/mol. The highest BCUT2D eigenvalue weighted by Crippen LogP contribution is 2.42. The smallest absolute Gasteiger partial charge is 0.408 e. The van der Waals surface area contributed by atoms with Crippen molar-refractivity contribution in [3.8, 4) is 5.75 Å². The van der Waals surface area contributed by atoms with Crippen molar-refractivity contribution in [3.63, 3.8) is 0 Å². The highest BCUT2D eigenvalue weighted by atomic mass is 16.6. The molecule has 12 heteroatoms. The van der Waals surface area contributed by atoms with E-state index in [1.54, 1.807) is 17.2 Å². The van der Waals surface area contributed by atoms with Crippen LogP contribution in [0.4, 0.5) is 4.79 Å². The number of fused-ring (bicyclic) bond motifs is 1. The first kappa shape index (κ1) is 39.7. The summed E-state index contributed by atoms with van der Waals surface area (Å²) in [6.07, 6.45) is 10.4. The standard InChI is InChI=1S/C41H57N5O7/c1-9-27-23-46(35(26(4)47)30(27)10-2)38(49)36(40(5,6)7)45-39(50)53-41(8)20-14-16-28(41)15-12-11-13-17-32-37(48)44-33-21-29(18-19-31(33)43-32)51-24-34-42-22-25(3)52-34/h9,18-19,21-22,27-28,30,35-36H,1,10-17,20,23-24H2,2-8H3,(H,44,48)(H,45,50)/t27-,28+,30+,35+,36+,41+/m0/s1. The highest BCUT2D eigenvalue weighted by molar-refractivity contribution is 5.92. The molecule has 0 bridgehead atoms. The molecule has 1 saturated heterocycles. The molecule has 288 valence electrons. The number of rotatable bonds is 15. The number of oxazole rings is 1. The van der Waals surface area contributed by atoms with E-state index in [4.69, 9.17) is 13.9 Å². The Hall–Kier alpha value is -4.48. The van der Waals surface area contributed by atoms with Crippen LogP contribution in [-0.4, -0.2) is 61.9 Å². The number of alkyl carbamates (subject to hydrolysis) is 1. The Morgan fingerprint density at radius 1 is 1.23 bits per heavy atom. The second-order valence-electron chi connectivity index (χ2n) is 16.2. The second kappa shape index (κ2) is 16.7. The number of unbranched alkanes of at least 4 members (excludes halogenated alkanes) is 2. The summed E-state index contributed by atoms with van der Waals surface area (Å²) in [5.41, 5.74) is 0.323. The zero-order chi connectivity index (χ0) is 38.5. The number of ketones is 1. The Balaban J connectivity index is 1.12. The van der Waals surface area contributed by atoms with Gasteiger partial charge in [-0.05, 0) is 94.6 Å². The average molecular weight is 732 g/mol. The Morgan fingerprint density at radius 2 is 2.00 bits per heavy atom. The molecule has 0 spiro atoms. The lowest BCUT2D eigenvalue weighted by molar-refractivity contribution is -0.141. The van der Waals surface area contributed by atoms with Gasteiger partial charge in [-0.15, -0.1) is 6.58 Å².